The van der Waals surface area contributed by atoms with Crippen LogP contribution in [0.5, 0.6) is 0 Å². The van der Waals surface area contributed by atoms with E-state index < -0.39 is 0 Å². The number of fused-ring (bicyclic) bond motifs is 1. The first-order chi connectivity index (χ1) is 7.84. The first kappa shape index (κ1) is 9.66. The molecule has 1 saturated heterocycles. The Morgan fingerprint density at radius 1 is 1.25 bits per heavy atom. The van der Waals surface area contributed by atoms with Crippen LogP contribution in [-0.2, 0) is 0 Å². The van der Waals surface area contributed by atoms with Crippen molar-refractivity contribution >= 4 is 5.65 Å². The summed E-state index contributed by atoms with van der Waals surface area (Å²) in [6.07, 6.45) is 4.23. The van der Waals surface area contributed by atoms with E-state index in [1.165, 1.54) is 5.69 Å². The number of aromatic nitrogens is 2. The van der Waals surface area contributed by atoms with E-state index in [0.717, 1.165) is 31.6 Å². The van der Waals surface area contributed by atoms with E-state index in [4.69, 9.17) is 0 Å². The summed E-state index contributed by atoms with van der Waals surface area (Å²) in [5.41, 5.74) is 2.11. The summed E-state index contributed by atoms with van der Waals surface area (Å²) in [6, 6.07) is 5.32. The Morgan fingerprint density at radius 2 is 2.06 bits per heavy atom. The standard InChI is InChI=1S/C12H15N3O/c16-12-3-1-2-11-14-10(8-15(11)12)9-4-6-13-7-5-9/h1-3,8-9,13-14H,4-7H2. The zero-order valence-corrected chi connectivity index (χ0v) is 9.07. The molecule has 2 N–H and O–H groups in total. The Morgan fingerprint density at radius 3 is 2.81 bits per heavy atom. The number of rotatable bonds is 1. The number of imidazole rings is 1. The summed E-state index contributed by atoms with van der Waals surface area (Å²) in [5, 5.41) is 3.35. The van der Waals surface area contributed by atoms with Crippen LogP contribution < -0.4 is 10.9 Å². The predicted octanol–water partition coefficient (Wildman–Crippen LogP) is 1.09. The lowest BCUT2D eigenvalue weighted by atomic mass is 9.95. The van der Waals surface area contributed by atoms with Crippen molar-refractivity contribution in [2.24, 2.45) is 0 Å². The van der Waals surface area contributed by atoms with Crippen molar-refractivity contribution in [2.45, 2.75) is 18.8 Å². The molecule has 0 bridgehead atoms. The molecule has 0 aliphatic carbocycles. The van der Waals surface area contributed by atoms with Gasteiger partial charge >= 0.3 is 0 Å². The highest BCUT2D eigenvalue weighted by Gasteiger charge is 2.17. The summed E-state index contributed by atoms with van der Waals surface area (Å²) in [6.45, 7) is 2.13. The quantitative estimate of drug-likeness (QED) is 0.751. The van der Waals surface area contributed by atoms with Crippen LogP contribution >= 0.6 is 0 Å². The molecular formula is C12H15N3O. The third-order valence-electron chi connectivity index (χ3n) is 3.31. The Kier molecular flexibility index (Phi) is 2.29. The number of hydrogen-bond acceptors (Lipinski definition) is 2. The molecular weight excluding hydrogens is 202 g/mol. The van der Waals surface area contributed by atoms with Gasteiger partial charge in [0, 0.05) is 23.9 Å². The maximum absolute atomic E-state index is 11.6. The molecule has 84 valence electrons. The molecule has 1 aliphatic heterocycles. The van der Waals surface area contributed by atoms with E-state index in [0.29, 0.717) is 5.92 Å². The molecule has 0 spiro atoms. The molecule has 0 radical (unpaired) electrons. The first-order valence-corrected chi connectivity index (χ1v) is 5.75. The Labute approximate surface area is 93.3 Å². The number of H-pyrrole nitrogens is 1. The van der Waals surface area contributed by atoms with Crippen LogP contribution in [0.3, 0.4) is 0 Å². The molecule has 0 aromatic carbocycles. The predicted molar refractivity (Wildman–Crippen MR) is 62.9 cm³/mol. The minimum absolute atomic E-state index is 0.0361. The van der Waals surface area contributed by atoms with Crippen molar-refractivity contribution in [2.75, 3.05) is 13.1 Å². The van der Waals surface area contributed by atoms with E-state index in [-0.39, 0.29) is 5.56 Å². The molecule has 3 heterocycles. The smallest absolute Gasteiger partial charge is 0.256 e. The average molecular weight is 217 g/mol. The summed E-state index contributed by atoms with van der Waals surface area (Å²) in [5.74, 6) is 0.556. The topological polar surface area (TPSA) is 49.3 Å². The largest absolute Gasteiger partial charge is 0.343 e. The van der Waals surface area contributed by atoms with Crippen molar-refractivity contribution < 1.29 is 0 Å². The highest BCUT2D eigenvalue weighted by Crippen LogP contribution is 2.23. The van der Waals surface area contributed by atoms with Gasteiger partial charge in [0.05, 0.1) is 0 Å². The fourth-order valence-corrected chi connectivity index (χ4v) is 2.40. The molecule has 1 fully saturated rings. The molecule has 0 saturated carbocycles. The van der Waals surface area contributed by atoms with Crippen molar-refractivity contribution in [1.29, 1.82) is 0 Å². The maximum atomic E-state index is 11.6. The molecule has 4 heteroatoms. The molecule has 0 amide bonds. The minimum Gasteiger partial charge on any atom is -0.343 e. The van der Waals surface area contributed by atoms with Gasteiger partial charge in [0.2, 0.25) is 0 Å². The SMILES string of the molecule is O=c1cccc2[nH]c(C3CCNCC3)cn12. The number of nitrogens with zero attached hydrogens (tertiary/aromatic N) is 1. The van der Waals surface area contributed by atoms with Crippen LogP contribution in [0.1, 0.15) is 24.5 Å². The molecule has 16 heavy (non-hydrogen) atoms. The van der Waals surface area contributed by atoms with Crippen LogP contribution in [0.4, 0.5) is 0 Å². The van der Waals surface area contributed by atoms with Crippen LogP contribution in [0.15, 0.2) is 29.2 Å². The highest BCUT2D eigenvalue weighted by molar-refractivity contribution is 5.40. The van der Waals surface area contributed by atoms with Gasteiger partial charge in [0.15, 0.2) is 0 Å². The van der Waals surface area contributed by atoms with Crippen LogP contribution in [0, 0.1) is 0 Å². The molecule has 1 aliphatic rings. The van der Waals surface area contributed by atoms with Crippen molar-refractivity contribution in [3.05, 3.63) is 40.4 Å². The maximum Gasteiger partial charge on any atom is 0.256 e. The van der Waals surface area contributed by atoms with Crippen LogP contribution in [0.2, 0.25) is 0 Å². The highest BCUT2D eigenvalue weighted by atomic mass is 16.1. The van der Waals surface area contributed by atoms with Gasteiger partial charge in [-0.15, -0.1) is 0 Å². The molecule has 0 unspecified atom stereocenters. The van der Waals surface area contributed by atoms with Gasteiger partial charge in [-0.2, -0.15) is 0 Å². The number of hydrogen-bond donors (Lipinski definition) is 2. The van der Waals surface area contributed by atoms with Gasteiger partial charge < -0.3 is 10.3 Å². The summed E-state index contributed by atoms with van der Waals surface area (Å²) >= 11 is 0. The van der Waals surface area contributed by atoms with Gasteiger partial charge in [-0.1, -0.05) is 6.07 Å². The third kappa shape index (κ3) is 1.55. The molecule has 2 aromatic heterocycles. The van der Waals surface area contributed by atoms with E-state index in [2.05, 4.69) is 10.3 Å². The number of nitrogens with one attached hydrogen (secondary N) is 2. The Hall–Kier alpha value is -1.55. The summed E-state index contributed by atoms with van der Waals surface area (Å²) < 4.78 is 1.69. The minimum atomic E-state index is 0.0361. The Bertz CT molecular complexity index is 549. The number of pyridine rings is 1. The normalized spacial score (nSPS) is 18.0. The number of aromatic amines is 1. The first-order valence-electron chi connectivity index (χ1n) is 5.75. The van der Waals surface area contributed by atoms with Gasteiger partial charge in [-0.25, -0.2) is 0 Å². The van der Waals surface area contributed by atoms with Gasteiger partial charge in [-0.05, 0) is 32.0 Å². The van der Waals surface area contributed by atoms with E-state index in [1.807, 2.05) is 12.3 Å². The lowest BCUT2D eigenvalue weighted by Gasteiger charge is -2.20. The van der Waals surface area contributed by atoms with Crippen molar-refractivity contribution in [1.82, 2.24) is 14.7 Å². The number of piperidine rings is 1. The summed E-state index contributed by atoms with van der Waals surface area (Å²) in [4.78, 5) is 14.9. The Balaban J connectivity index is 2.04. The van der Waals surface area contributed by atoms with Gasteiger partial charge in [0.25, 0.3) is 5.56 Å². The zero-order chi connectivity index (χ0) is 11.0. The fraction of sp³-hybridized carbons (Fsp3) is 0.417. The molecule has 2 aromatic rings. The van der Waals surface area contributed by atoms with Crippen molar-refractivity contribution in [3.63, 3.8) is 0 Å². The van der Waals surface area contributed by atoms with Gasteiger partial charge in [0.1, 0.15) is 5.65 Å². The molecule has 4 nitrogen and oxygen atoms in total. The van der Waals surface area contributed by atoms with Crippen molar-refractivity contribution in [3.8, 4) is 0 Å². The lowest BCUT2D eigenvalue weighted by Crippen LogP contribution is -2.26. The second-order valence-electron chi connectivity index (χ2n) is 4.35. The second kappa shape index (κ2) is 3.79. The fourth-order valence-electron chi connectivity index (χ4n) is 2.40. The van der Waals surface area contributed by atoms with Gasteiger partial charge in [-0.3, -0.25) is 9.20 Å². The monoisotopic (exact) mass is 217 g/mol. The van der Waals surface area contributed by atoms with E-state index >= 15 is 0 Å². The summed E-state index contributed by atoms with van der Waals surface area (Å²) in [7, 11) is 0. The van der Waals surface area contributed by atoms with Crippen LogP contribution in [-0.4, -0.2) is 22.5 Å². The van der Waals surface area contributed by atoms with E-state index in [9.17, 15) is 4.79 Å². The molecule has 0 atom stereocenters. The zero-order valence-electron chi connectivity index (χ0n) is 9.07. The third-order valence-corrected chi connectivity index (χ3v) is 3.31. The lowest BCUT2D eigenvalue weighted by molar-refractivity contribution is 0.454. The average Bonchev–Trinajstić information content (AvgIpc) is 2.76. The second-order valence-corrected chi connectivity index (χ2v) is 4.35. The van der Waals surface area contributed by atoms with E-state index in [1.54, 1.807) is 16.5 Å². The molecule has 3 rings (SSSR count). The van der Waals surface area contributed by atoms with Crippen LogP contribution in [0.25, 0.3) is 5.65 Å².